The van der Waals surface area contributed by atoms with Crippen molar-refractivity contribution >= 4 is 28.7 Å². The Hall–Kier alpha value is 0.0425. The quantitative estimate of drug-likeness (QED) is 0.619. The predicted molar refractivity (Wildman–Crippen MR) is 55.3 cm³/mol. The van der Waals surface area contributed by atoms with E-state index in [0.29, 0.717) is 0 Å². The molecular weight excluding hydrogens is 171 g/mol. The molecule has 0 heterocycles. The smallest absolute Gasteiger partial charge is 0.147 e. The van der Waals surface area contributed by atoms with Crippen molar-refractivity contribution < 1.29 is 0 Å². The second-order valence-electron chi connectivity index (χ2n) is 2.72. The summed E-state index contributed by atoms with van der Waals surface area (Å²) in [5.74, 6) is 0. The summed E-state index contributed by atoms with van der Waals surface area (Å²) in [4.78, 5) is 0. The van der Waals surface area contributed by atoms with E-state index in [1.807, 2.05) is 0 Å². The van der Waals surface area contributed by atoms with Crippen molar-refractivity contribution in [2.75, 3.05) is 0 Å². The van der Waals surface area contributed by atoms with Crippen LogP contribution in [0.2, 0.25) is 0 Å². The van der Waals surface area contributed by atoms with E-state index in [9.17, 15) is 0 Å². The van der Waals surface area contributed by atoms with Crippen LogP contribution in [0, 0.1) is 0 Å². The average molecular weight is 185 g/mol. The van der Waals surface area contributed by atoms with E-state index >= 15 is 0 Å². The number of rotatable bonds is 2. The van der Waals surface area contributed by atoms with Gasteiger partial charge in [-0.25, -0.2) is 0 Å². The van der Waals surface area contributed by atoms with Crippen molar-refractivity contribution in [3.63, 3.8) is 0 Å². The van der Waals surface area contributed by atoms with Crippen LogP contribution in [-0.4, -0.2) is 16.3 Å². The molecule has 0 aliphatic carbocycles. The standard InChI is InChI=1S/C9H11.Al.ClH.2H/c1-2-6-9-7-4-3-5-8-9;;;;/h3-8H,2H2,1H3;;1H;;. The van der Waals surface area contributed by atoms with Crippen molar-refractivity contribution in [1.29, 1.82) is 0 Å². The van der Waals surface area contributed by atoms with Gasteiger partial charge in [0, 0.05) is 0 Å². The van der Waals surface area contributed by atoms with E-state index in [0.717, 1.165) is 4.78 Å². The maximum Gasteiger partial charge on any atom is 0.223 e. The zero-order valence-corrected chi connectivity index (χ0v) is 9.90. The first-order chi connectivity index (χ1) is 4.84. The lowest BCUT2D eigenvalue weighted by molar-refractivity contribution is 0.882. The van der Waals surface area contributed by atoms with Crippen molar-refractivity contribution in [3.8, 4) is 0 Å². The highest BCUT2D eigenvalue weighted by Crippen LogP contribution is 2.13. The van der Waals surface area contributed by atoms with Gasteiger partial charge in [0.05, 0.1) is 0 Å². The maximum absolute atomic E-state index is 2.25. The Morgan fingerprint density at radius 1 is 1.27 bits per heavy atom. The van der Waals surface area contributed by atoms with Gasteiger partial charge >= 0.3 is 0 Å². The van der Waals surface area contributed by atoms with Gasteiger partial charge in [-0.3, -0.25) is 0 Å². The van der Waals surface area contributed by atoms with E-state index in [4.69, 9.17) is 0 Å². The molecule has 0 saturated carbocycles. The highest BCUT2D eigenvalue weighted by Gasteiger charge is 1.99. The van der Waals surface area contributed by atoms with E-state index in [1.165, 1.54) is 28.3 Å². The van der Waals surface area contributed by atoms with Gasteiger partial charge in [0.15, 0.2) is 0 Å². The normalized spacial score (nSPS) is 11.7. The topological polar surface area (TPSA) is 0 Å². The zero-order chi connectivity index (χ0) is 7.40. The number of hydrogen-bond acceptors (Lipinski definition) is 0. The van der Waals surface area contributed by atoms with Crippen LogP contribution in [-0.2, 0) is 0 Å². The van der Waals surface area contributed by atoms with Gasteiger partial charge in [0.1, 0.15) is 0 Å². The Balaban J connectivity index is 0.000001000. The van der Waals surface area contributed by atoms with Crippen molar-refractivity contribution in [3.05, 3.63) is 35.9 Å². The first kappa shape index (κ1) is 11.0. The number of hydrogen-bond donors (Lipinski definition) is 0. The summed E-state index contributed by atoms with van der Waals surface area (Å²) in [6.07, 6.45) is 1.29. The van der Waals surface area contributed by atoms with Crippen molar-refractivity contribution in [2.45, 2.75) is 18.1 Å². The molecule has 0 fully saturated rings. The van der Waals surface area contributed by atoms with Crippen LogP contribution in [0.4, 0.5) is 0 Å². The van der Waals surface area contributed by atoms with Gasteiger partial charge in [0.25, 0.3) is 0 Å². The van der Waals surface area contributed by atoms with Crippen LogP contribution in [0.25, 0.3) is 0 Å². The minimum atomic E-state index is 0. The largest absolute Gasteiger partial charge is 0.223 e. The van der Waals surface area contributed by atoms with Crippen LogP contribution in [0.1, 0.15) is 23.7 Å². The molecule has 11 heavy (non-hydrogen) atoms. The third kappa shape index (κ3) is 3.29. The summed E-state index contributed by atoms with van der Waals surface area (Å²) in [6, 6.07) is 10.8. The summed E-state index contributed by atoms with van der Waals surface area (Å²) < 4.78 is 0.848. The molecule has 1 unspecified atom stereocenters. The molecule has 0 aromatic heterocycles. The van der Waals surface area contributed by atoms with Crippen LogP contribution < -0.4 is 0 Å². The summed E-state index contributed by atoms with van der Waals surface area (Å²) in [5.41, 5.74) is 1.51. The van der Waals surface area contributed by atoms with Gasteiger partial charge in [-0.05, 0) is 0 Å². The summed E-state index contributed by atoms with van der Waals surface area (Å²) in [7, 11) is 0. The number of benzene rings is 1. The lowest BCUT2D eigenvalue weighted by atomic mass is 10.1. The Morgan fingerprint density at radius 3 is 2.27 bits per heavy atom. The Labute approximate surface area is 82.8 Å². The molecule has 0 spiro atoms. The molecule has 0 aliphatic rings. The zero-order valence-electron chi connectivity index (χ0n) is 7.08. The van der Waals surface area contributed by atoms with Gasteiger partial charge in [-0.2, -0.15) is 0 Å². The van der Waals surface area contributed by atoms with Gasteiger partial charge in [0.2, 0.25) is 16.3 Å². The second-order valence-corrected chi connectivity index (χ2v) is 4.11. The molecule has 0 saturated heterocycles. The first-order valence-corrected chi connectivity index (χ1v) is 5.05. The third-order valence-corrected chi connectivity index (χ3v) is 3.46. The highest BCUT2D eigenvalue weighted by atomic mass is 35.5. The molecule has 0 amide bonds. The molecule has 0 N–H and O–H groups in total. The van der Waals surface area contributed by atoms with E-state index in [-0.39, 0.29) is 12.4 Å². The molecule has 60 valence electrons. The highest BCUT2D eigenvalue weighted by molar-refractivity contribution is 6.12. The molecule has 2 heteroatoms. The van der Waals surface area contributed by atoms with Crippen LogP contribution in [0.5, 0.6) is 0 Å². The lowest BCUT2D eigenvalue weighted by Gasteiger charge is -2.06. The molecule has 0 nitrogen and oxygen atoms in total. The summed E-state index contributed by atoms with van der Waals surface area (Å²) in [5, 5.41) is 0. The monoisotopic (exact) mass is 184 g/mol. The third-order valence-electron chi connectivity index (χ3n) is 1.98. The van der Waals surface area contributed by atoms with Crippen LogP contribution in [0.15, 0.2) is 30.3 Å². The Morgan fingerprint density at radius 2 is 1.82 bits per heavy atom. The summed E-state index contributed by atoms with van der Waals surface area (Å²) in [6.45, 7) is 2.25. The van der Waals surface area contributed by atoms with E-state index in [1.54, 1.807) is 0 Å². The molecule has 0 bridgehead atoms. The average Bonchev–Trinajstić information content (AvgIpc) is 2.05. The predicted octanol–water partition coefficient (Wildman–Crippen LogP) is 2.19. The van der Waals surface area contributed by atoms with E-state index in [2.05, 4.69) is 37.3 Å². The minimum Gasteiger partial charge on any atom is -0.147 e. The number of halogens is 1. The van der Waals surface area contributed by atoms with Gasteiger partial charge < -0.3 is 0 Å². The fraction of sp³-hybridized carbons (Fsp3) is 0.333. The van der Waals surface area contributed by atoms with Crippen LogP contribution in [0.3, 0.4) is 0 Å². The Bertz CT molecular complexity index is 186. The molecule has 0 aliphatic heterocycles. The molecule has 1 atom stereocenters. The van der Waals surface area contributed by atoms with Gasteiger partial charge in [-0.15, -0.1) is 12.4 Å². The Kier molecular flexibility index (Phi) is 5.68. The van der Waals surface area contributed by atoms with Crippen molar-refractivity contribution in [1.82, 2.24) is 0 Å². The fourth-order valence-electron chi connectivity index (χ4n) is 1.02. The maximum atomic E-state index is 2.25. The molecular formula is C9H14AlCl. The summed E-state index contributed by atoms with van der Waals surface area (Å²) >= 11 is 1.28. The SMILES string of the molecule is CC[CH]([AlH2])c1ccccc1.Cl. The fourth-order valence-corrected chi connectivity index (χ4v) is 1.40. The van der Waals surface area contributed by atoms with E-state index < -0.39 is 0 Å². The molecule has 1 aromatic rings. The second kappa shape index (κ2) is 5.66. The van der Waals surface area contributed by atoms with Gasteiger partial charge in [-0.1, -0.05) is 54.0 Å². The molecule has 1 aromatic carbocycles. The minimum absolute atomic E-state index is 0. The van der Waals surface area contributed by atoms with Crippen molar-refractivity contribution in [2.24, 2.45) is 0 Å². The lowest BCUT2D eigenvalue weighted by Crippen LogP contribution is -1.94. The van der Waals surface area contributed by atoms with Crippen LogP contribution >= 0.6 is 12.4 Å². The first-order valence-electron chi connectivity index (χ1n) is 3.89. The molecule has 1 rings (SSSR count). The molecule has 0 radical (unpaired) electrons.